The van der Waals surface area contributed by atoms with E-state index in [9.17, 15) is 9.59 Å². The van der Waals surface area contributed by atoms with Gasteiger partial charge in [-0.2, -0.15) is 0 Å². The van der Waals surface area contributed by atoms with Crippen molar-refractivity contribution >= 4 is 23.7 Å². The summed E-state index contributed by atoms with van der Waals surface area (Å²) in [5, 5.41) is 14.2. The van der Waals surface area contributed by atoms with Crippen molar-refractivity contribution in [2.45, 2.75) is 44.8 Å². The zero-order chi connectivity index (χ0) is 22.4. The zero-order valence-electron chi connectivity index (χ0n) is 18.0. The van der Waals surface area contributed by atoms with Gasteiger partial charge in [-0.25, -0.2) is 4.79 Å². The topological polar surface area (TPSA) is 102 Å². The standard InChI is InChI=1S/C22H26N6O2S/c1-14(2)17-9-5-6-10-18(17)28-20(16-8-7-11-23-12-16)26-27-22(28)31-13-19(29)25-21(30)24-15(3)4/h5-12,14-15H,13H2,1-4H3,(H2,24,25,29,30). The summed E-state index contributed by atoms with van der Waals surface area (Å²) in [6.45, 7) is 7.90. The molecule has 0 saturated carbocycles. The van der Waals surface area contributed by atoms with E-state index in [0.29, 0.717) is 11.0 Å². The first-order valence-electron chi connectivity index (χ1n) is 10.0. The Morgan fingerprint density at radius 3 is 2.52 bits per heavy atom. The van der Waals surface area contributed by atoms with E-state index < -0.39 is 11.9 Å². The molecule has 0 saturated heterocycles. The fraction of sp³-hybridized carbons (Fsp3) is 0.318. The molecule has 0 aliphatic heterocycles. The number of carbonyl (C=O) groups is 2. The number of pyridine rings is 1. The molecule has 0 radical (unpaired) electrons. The highest BCUT2D eigenvalue weighted by Crippen LogP contribution is 2.31. The number of rotatable bonds is 7. The Hall–Kier alpha value is -3.20. The molecule has 3 amide bonds. The first-order chi connectivity index (χ1) is 14.9. The van der Waals surface area contributed by atoms with Crippen molar-refractivity contribution < 1.29 is 9.59 Å². The monoisotopic (exact) mass is 438 g/mol. The summed E-state index contributed by atoms with van der Waals surface area (Å²) >= 11 is 1.22. The van der Waals surface area contributed by atoms with Crippen LogP contribution in [0.3, 0.4) is 0 Å². The highest BCUT2D eigenvalue weighted by atomic mass is 32.2. The van der Waals surface area contributed by atoms with Crippen molar-refractivity contribution in [3.05, 3.63) is 54.4 Å². The summed E-state index contributed by atoms with van der Waals surface area (Å²) in [6, 6.07) is 11.2. The van der Waals surface area contributed by atoms with Gasteiger partial charge in [0, 0.05) is 24.0 Å². The van der Waals surface area contributed by atoms with Gasteiger partial charge in [-0.3, -0.25) is 19.7 Å². The van der Waals surface area contributed by atoms with Gasteiger partial charge in [0.15, 0.2) is 11.0 Å². The first-order valence-corrected chi connectivity index (χ1v) is 11.0. The summed E-state index contributed by atoms with van der Waals surface area (Å²) in [7, 11) is 0. The Bertz CT molecular complexity index is 1050. The van der Waals surface area contributed by atoms with Crippen LogP contribution < -0.4 is 10.6 Å². The van der Waals surface area contributed by atoms with E-state index in [1.807, 2.05) is 48.7 Å². The van der Waals surface area contributed by atoms with Crippen LogP contribution in [0.4, 0.5) is 4.79 Å². The third-order valence-corrected chi connectivity index (χ3v) is 5.29. The van der Waals surface area contributed by atoms with Crippen LogP contribution in [0.1, 0.15) is 39.2 Å². The predicted molar refractivity (Wildman–Crippen MR) is 121 cm³/mol. The molecule has 2 aromatic heterocycles. The molecule has 0 fully saturated rings. The lowest BCUT2D eigenvalue weighted by molar-refractivity contribution is -0.117. The van der Waals surface area contributed by atoms with Crippen molar-refractivity contribution in [2.24, 2.45) is 0 Å². The minimum atomic E-state index is -0.511. The molecule has 8 nitrogen and oxygen atoms in total. The van der Waals surface area contributed by atoms with Crippen molar-refractivity contribution in [2.75, 3.05) is 5.75 Å². The number of aromatic nitrogens is 4. The average molecular weight is 439 g/mol. The molecule has 9 heteroatoms. The second-order valence-corrected chi connectivity index (χ2v) is 8.50. The smallest absolute Gasteiger partial charge is 0.321 e. The van der Waals surface area contributed by atoms with E-state index in [1.165, 1.54) is 11.8 Å². The van der Waals surface area contributed by atoms with Crippen molar-refractivity contribution in [3.8, 4) is 17.1 Å². The minimum Gasteiger partial charge on any atom is -0.336 e. The van der Waals surface area contributed by atoms with Gasteiger partial charge < -0.3 is 5.32 Å². The summed E-state index contributed by atoms with van der Waals surface area (Å²) in [5.41, 5.74) is 2.90. The van der Waals surface area contributed by atoms with Crippen LogP contribution >= 0.6 is 11.8 Å². The molecule has 0 atom stereocenters. The fourth-order valence-electron chi connectivity index (χ4n) is 3.03. The zero-order valence-corrected chi connectivity index (χ0v) is 18.8. The van der Waals surface area contributed by atoms with Gasteiger partial charge in [0.25, 0.3) is 0 Å². The number of nitrogens with zero attached hydrogens (tertiary/aromatic N) is 4. The number of urea groups is 1. The molecule has 31 heavy (non-hydrogen) atoms. The third-order valence-electron chi connectivity index (χ3n) is 4.36. The molecule has 3 aromatic rings. The molecular formula is C22H26N6O2S. The summed E-state index contributed by atoms with van der Waals surface area (Å²) in [4.78, 5) is 28.2. The quantitative estimate of drug-likeness (QED) is 0.545. The lowest BCUT2D eigenvalue weighted by Crippen LogP contribution is -2.43. The minimum absolute atomic E-state index is 0.0283. The largest absolute Gasteiger partial charge is 0.336 e. The van der Waals surface area contributed by atoms with Gasteiger partial charge in [0.1, 0.15) is 0 Å². The van der Waals surface area contributed by atoms with E-state index in [0.717, 1.165) is 16.8 Å². The maximum absolute atomic E-state index is 12.2. The second-order valence-electron chi connectivity index (χ2n) is 7.56. The lowest BCUT2D eigenvalue weighted by atomic mass is 10.0. The van der Waals surface area contributed by atoms with E-state index in [4.69, 9.17) is 0 Å². The van der Waals surface area contributed by atoms with Crippen LogP contribution in [-0.2, 0) is 4.79 Å². The Morgan fingerprint density at radius 1 is 1.06 bits per heavy atom. The van der Waals surface area contributed by atoms with E-state index >= 15 is 0 Å². The lowest BCUT2D eigenvalue weighted by Gasteiger charge is -2.16. The molecule has 0 unspecified atom stereocenters. The number of thioether (sulfide) groups is 1. The van der Waals surface area contributed by atoms with Crippen molar-refractivity contribution in [1.29, 1.82) is 0 Å². The third kappa shape index (κ3) is 5.69. The summed E-state index contributed by atoms with van der Waals surface area (Å²) < 4.78 is 1.94. The molecule has 2 heterocycles. The maximum Gasteiger partial charge on any atom is 0.321 e. The predicted octanol–water partition coefficient (Wildman–Crippen LogP) is 3.78. The fourth-order valence-corrected chi connectivity index (χ4v) is 3.78. The van der Waals surface area contributed by atoms with Gasteiger partial charge >= 0.3 is 6.03 Å². The molecule has 1 aromatic carbocycles. The van der Waals surface area contributed by atoms with E-state index in [2.05, 4.69) is 45.7 Å². The Morgan fingerprint density at radius 2 is 1.84 bits per heavy atom. The van der Waals surface area contributed by atoms with Gasteiger partial charge in [-0.15, -0.1) is 10.2 Å². The molecule has 0 spiro atoms. The van der Waals surface area contributed by atoms with Gasteiger partial charge in [0.05, 0.1) is 11.4 Å². The summed E-state index contributed by atoms with van der Waals surface area (Å²) in [5.74, 6) is 0.543. The Kier molecular flexibility index (Phi) is 7.41. The number of amides is 3. The average Bonchev–Trinajstić information content (AvgIpc) is 3.16. The van der Waals surface area contributed by atoms with Crippen LogP contribution in [0.25, 0.3) is 17.1 Å². The molecule has 0 aliphatic carbocycles. The summed E-state index contributed by atoms with van der Waals surface area (Å²) in [6.07, 6.45) is 3.43. The number of imide groups is 1. The van der Waals surface area contributed by atoms with Gasteiger partial charge in [0.2, 0.25) is 5.91 Å². The SMILES string of the molecule is CC(C)NC(=O)NC(=O)CSc1nnc(-c2cccnc2)n1-c1ccccc1C(C)C. The van der Waals surface area contributed by atoms with Crippen LogP contribution in [0.2, 0.25) is 0 Å². The van der Waals surface area contributed by atoms with Crippen LogP contribution in [0.15, 0.2) is 53.9 Å². The number of para-hydroxylation sites is 1. The Labute approximate surface area is 185 Å². The van der Waals surface area contributed by atoms with Gasteiger partial charge in [-0.05, 0) is 43.5 Å². The van der Waals surface area contributed by atoms with Crippen molar-refractivity contribution in [1.82, 2.24) is 30.4 Å². The number of carbonyl (C=O) groups excluding carboxylic acids is 2. The van der Waals surface area contributed by atoms with Crippen LogP contribution in [0.5, 0.6) is 0 Å². The Balaban J connectivity index is 1.93. The maximum atomic E-state index is 12.2. The molecule has 3 rings (SSSR count). The number of benzene rings is 1. The van der Waals surface area contributed by atoms with Gasteiger partial charge in [-0.1, -0.05) is 43.8 Å². The highest BCUT2D eigenvalue weighted by molar-refractivity contribution is 7.99. The first kappa shape index (κ1) is 22.5. The normalized spacial score (nSPS) is 11.0. The molecule has 0 bridgehead atoms. The highest BCUT2D eigenvalue weighted by Gasteiger charge is 2.20. The van der Waals surface area contributed by atoms with E-state index in [1.54, 1.807) is 12.4 Å². The number of hydrogen-bond acceptors (Lipinski definition) is 6. The molecule has 2 N–H and O–H groups in total. The van der Waals surface area contributed by atoms with Crippen LogP contribution in [-0.4, -0.2) is 43.5 Å². The van der Waals surface area contributed by atoms with Crippen LogP contribution in [0, 0.1) is 0 Å². The number of nitrogens with one attached hydrogen (secondary N) is 2. The van der Waals surface area contributed by atoms with Crippen molar-refractivity contribution in [3.63, 3.8) is 0 Å². The second kappa shape index (κ2) is 10.2. The number of hydrogen-bond donors (Lipinski definition) is 2. The van der Waals surface area contributed by atoms with E-state index in [-0.39, 0.29) is 17.7 Å². The molecule has 162 valence electrons. The molecule has 0 aliphatic rings. The molecular weight excluding hydrogens is 412 g/mol.